The molecule has 1 saturated heterocycles. The second-order valence-electron chi connectivity index (χ2n) is 7.74. The number of piperazine rings is 1. The van der Waals surface area contributed by atoms with Gasteiger partial charge in [-0.3, -0.25) is 9.59 Å². The first-order chi connectivity index (χ1) is 16.1. The van der Waals surface area contributed by atoms with Gasteiger partial charge >= 0.3 is 0 Å². The van der Waals surface area contributed by atoms with Crippen molar-refractivity contribution in [3.05, 3.63) is 64.6 Å². The van der Waals surface area contributed by atoms with Gasteiger partial charge in [-0.05, 0) is 42.8 Å². The van der Waals surface area contributed by atoms with E-state index in [2.05, 4.69) is 32.5 Å². The normalized spacial score (nSPS) is 13.6. The van der Waals surface area contributed by atoms with Crippen LogP contribution in [-0.2, 0) is 11.2 Å². The Morgan fingerprint density at radius 3 is 2.42 bits per heavy atom. The molecule has 0 saturated carbocycles. The van der Waals surface area contributed by atoms with Crippen LogP contribution in [0.5, 0.6) is 5.75 Å². The number of anilines is 2. The average Bonchev–Trinajstić information content (AvgIpc) is 3.34. The molecule has 4 rings (SSSR count). The van der Waals surface area contributed by atoms with Crippen LogP contribution >= 0.6 is 11.3 Å². The number of hydrogen-bond acceptors (Lipinski definition) is 7. The first-order valence-corrected chi connectivity index (χ1v) is 11.8. The van der Waals surface area contributed by atoms with Crippen molar-refractivity contribution in [3.63, 3.8) is 0 Å². The SMILES string of the molecule is COc1ccc(NC(=O)c2nnc(CCCC(=O)N3CCN(c4ccccc4)CC3)s2)cc1. The zero-order chi connectivity index (χ0) is 23.0. The number of carbonyl (C=O) groups excluding carboxylic acids is 2. The Bertz CT molecular complexity index is 1060. The summed E-state index contributed by atoms with van der Waals surface area (Å²) in [4.78, 5) is 29.2. The van der Waals surface area contributed by atoms with Gasteiger partial charge in [0.15, 0.2) is 0 Å². The van der Waals surface area contributed by atoms with Gasteiger partial charge in [-0.2, -0.15) is 0 Å². The average molecular weight is 466 g/mol. The lowest BCUT2D eigenvalue weighted by atomic mass is 10.2. The van der Waals surface area contributed by atoms with Gasteiger partial charge in [-0.25, -0.2) is 0 Å². The lowest BCUT2D eigenvalue weighted by Gasteiger charge is -2.36. The maximum atomic E-state index is 12.6. The number of hydrogen-bond donors (Lipinski definition) is 1. The molecule has 0 aliphatic carbocycles. The summed E-state index contributed by atoms with van der Waals surface area (Å²) < 4.78 is 5.12. The summed E-state index contributed by atoms with van der Waals surface area (Å²) in [6.07, 6.45) is 1.79. The Balaban J connectivity index is 1.19. The zero-order valence-electron chi connectivity index (χ0n) is 18.6. The molecule has 0 radical (unpaired) electrons. The molecule has 8 nitrogen and oxygen atoms in total. The second kappa shape index (κ2) is 10.9. The van der Waals surface area contributed by atoms with Crippen LogP contribution in [0.4, 0.5) is 11.4 Å². The van der Waals surface area contributed by atoms with E-state index < -0.39 is 0 Å². The van der Waals surface area contributed by atoms with E-state index in [4.69, 9.17) is 4.74 Å². The third-order valence-electron chi connectivity index (χ3n) is 5.54. The van der Waals surface area contributed by atoms with Gasteiger partial charge in [0, 0.05) is 50.4 Å². The molecular formula is C24H27N5O3S. The van der Waals surface area contributed by atoms with Gasteiger partial charge < -0.3 is 19.9 Å². The number of carbonyl (C=O) groups is 2. The summed E-state index contributed by atoms with van der Waals surface area (Å²) in [5.74, 6) is 0.597. The van der Waals surface area contributed by atoms with Crippen molar-refractivity contribution in [2.75, 3.05) is 43.5 Å². The van der Waals surface area contributed by atoms with E-state index in [9.17, 15) is 9.59 Å². The van der Waals surface area contributed by atoms with Gasteiger partial charge in [0.2, 0.25) is 10.9 Å². The maximum Gasteiger partial charge on any atom is 0.286 e. The third-order valence-corrected chi connectivity index (χ3v) is 6.53. The number of methoxy groups -OCH3 is 1. The molecule has 2 heterocycles. The van der Waals surface area contributed by atoms with Crippen LogP contribution in [0.25, 0.3) is 0 Å². The van der Waals surface area contributed by atoms with Crippen LogP contribution in [0.1, 0.15) is 27.7 Å². The molecule has 1 fully saturated rings. The Kier molecular flexibility index (Phi) is 7.51. The van der Waals surface area contributed by atoms with Crippen molar-refractivity contribution in [2.24, 2.45) is 0 Å². The summed E-state index contributed by atoms with van der Waals surface area (Å²) in [6.45, 7) is 3.17. The van der Waals surface area contributed by atoms with E-state index in [1.54, 1.807) is 31.4 Å². The molecule has 172 valence electrons. The van der Waals surface area contributed by atoms with E-state index in [1.807, 2.05) is 23.1 Å². The van der Waals surface area contributed by atoms with Crippen LogP contribution in [-0.4, -0.2) is 60.2 Å². The predicted octanol–water partition coefficient (Wildman–Crippen LogP) is 3.47. The van der Waals surface area contributed by atoms with Crippen molar-refractivity contribution in [1.82, 2.24) is 15.1 Å². The lowest BCUT2D eigenvalue weighted by molar-refractivity contribution is -0.131. The fourth-order valence-corrected chi connectivity index (χ4v) is 4.48. The molecule has 0 unspecified atom stereocenters. The maximum absolute atomic E-state index is 12.6. The minimum Gasteiger partial charge on any atom is -0.497 e. The van der Waals surface area contributed by atoms with Gasteiger partial charge in [-0.15, -0.1) is 10.2 Å². The molecule has 0 bridgehead atoms. The van der Waals surface area contributed by atoms with Crippen LogP contribution in [0.3, 0.4) is 0 Å². The number of aromatic nitrogens is 2. The highest BCUT2D eigenvalue weighted by Crippen LogP contribution is 2.19. The fourth-order valence-electron chi connectivity index (χ4n) is 3.71. The number of ether oxygens (including phenoxy) is 1. The van der Waals surface area contributed by atoms with Crippen LogP contribution in [0.2, 0.25) is 0 Å². The fraction of sp³-hybridized carbons (Fsp3) is 0.333. The standard InChI is InChI=1S/C24H27N5O3S/c1-32-20-12-10-18(11-13-20)25-23(31)24-27-26-21(33-24)8-5-9-22(30)29-16-14-28(15-17-29)19-6-3-2-4-7-19/h2-4,6-7,10-13H,5,8-9,14-17H2,1H3,(H,25,31). The quantitative estimate of drug-likeness (QED) is 0.548. The third kappa shape index (κ3) is 6.07. The molecule has 1 N–H and O–H groups in total. The van der Waals surface area contributed by atoms with Gasteiger partial charge in [0.05, 0.1) is 7.11 Å². The topological polar surface area (TPSA) is 87.7 Å². The summed E-state index contributed by atoms with van der Waals surface area (Å²) in [6, 6.07) is 17.4. The molecule has 33 heavy (non-hydrogen) atoms. The van der Waals surface area contributed by atoms with Crippen molar-refractivity contribution in [1.29, 1.82) is 0 Å². The predicted molar refractivity (Wildman–Crippen MR) is 129 cm³/mol. The number of nitrogens with zero attached hydrogens (tertiary/aromatic N) is 4. The van der Waals surface area contributed by atoms with Crippen molar-refractivity contribution in [2.45, 2.75) is 19.3 Å². The summed E-state index contributed by atoms with van der Waals surface area (Å²) in [5, 5.41) is 12.0. The smallest absolute Gasteiger partial charge is 0.286 e. The van der Waals surface area contributed by atoms with Gasteiger partial charge in [0.25, 0.3) is 5.91 Å². The molecule has 2 amide bonds. The summed E-state index contributed by atoms with van der Waals surface area (Å²) in [7, 11) is 1.59. The molecule has 2 aromatic carbocycles. The number of para-hydroxylation sites is 1. The first kappa shape index (κ1) is 22.7. The largest absolute Gasteiger partial charge is 0.497 e. The molecule has 1 aromatic heterocycles. The van der Waals surface area contributed by atoms with E-state index in [0.717, 1.165) is 36.9 Å². The Morgan fingerprint density at radius 1 is 1.00 bits per heavy atom. The molecule has 1 aliphatic rings. The number of aryl methyl sites for hydroxylation is 1. The number of nitrogens with one attached hydrogen (secondary N) is 1. The molecule has 0 spiro atoms. The minimum absolute atomic E-state index is 0.171. The Labute approximate surface area is 197 Å². The number of benzene rings is 2. The summed E-state index contributed by atoms with van der Waals surface area (Å²) >= 11 is 1.26. The Morgan fingerprint density at radius 2 is 1.73 bits per heavy atom. The first-order valence-electron chi connectivity index (χ1n) is 11.0. The van der Waals surface area contributed by atoms with E-state index in [1.165, 1.54) is 17.0 Å². The van der Waals surface area contributed by atoms with Crippen LogP contribution in [0, 0.1) is 0 Å². The molecular weight excluding hydrogens is 438 g/mol. The molecule has 0 atom stereocenters. The molecule has 9 heteroatoms. The van der Waals surface area contributed by atoms with Crippen LogP contribution < -0.4 is 15.0 Å². The number of amides is 2. The zero-order valence-corrected chi connectivity index (χ0v) is 19.4. The van der Waals surface area contributed by atoms with E-state index >= 15 is 0 Å². The molecule has 1 aliphatic heterocycles. The second-order valence-corrected chi connectivity index (χ2v) is 8.80. The monoisotopic (exact) mass is 465 g/mol. The van der Waals surface area contributed by atoms with Crippen molar-refractivity contribution in [3.8, 4) is 5.75 Å². The van der Waals surface area contributed by atoms with Gasteiger partial charge in [0.1, 0.15) is 10.8 Å². The summed E-state index contributed by atoms with van der Waals surface area (Å²) in [5.41, 5.74) is 1.86. The lowest BCUT2D eigenvalue weighted by Crippen LogP contribution is -2.48. The van der Waals surface area contributed by atoms with Crippen LogP contribution in [0.15, 0.2) is 54.6 Å². The molecule has 3 aromatic rings. The van der Waals surface area contributed by atoms with E-state index in [0.29, 0.717) is 30.0 Å². The van der Waals surface area contributed by atoms with E-state index in [-0.39, 0.29) is 11.8 Å². The van der Waals surface area contributed by atoms with Gasteiger partial charge in [-0.1, -0.05) is 29.5 Å². The van der Waals surface area contributed by atoms with Crippen molar-refractivity contribution >= 4 is 34.5 Å². The van der Waals surface area contributed by atoms with Crippen molar-refractivity contribution < 1.29 is 14.3 Å². The Hall–Kier alpha value is -3.46. The number of rotatable bonds is 8. The minimum atomic E-state index is -0.295. The highest BCUT2D eigenvalue weighted by atomic mass is 32.1. The highest BCUT2D eigenvalue weighted by Gasteiger charge is 2.21. The highest BCUT2D eigenvalue weighted by molar-refractivity contribution is 7.13.